The highest BCUT2D eigenvalue weighted by atomic mass is 79.9. The first kappa shape index (κ1) is 13.8. The van der Waals surface area contributed by atoms with Crippen molar-refractivity contribution in [3.63, 3.8) is 0 Å². The topological polar surface area (TPSA) is 17.1 Å². The molecule has 0 aliphatic carbocycles. The van der Waals surface area contributed by atoms with Crippen LogP contribution in [0.1, 0.15) is 20.8 Å². The standard InChI is InChI=1S/C14H13BrOS2/c1-10-4-2-3-5-11(10)8-17-9-13(16)14-12(15)6-7-18-14/h2-7H,8-9H2,1H3. The van der Waals surface area contributed by atoms with Gasteiger partial charge in [0.2, 0.25) is 0 Å². The lowest BCUT2D eigenvalue weighted by molar-refractivity contribution is 0.102. The van der Waals surface area contributed by atoms with Gasteiger partial charge in [-0.25, -0.2) is 0 Å². The van der Waals surface area contributed by atoms with Gasteiger partial charge >= 0.3 is 0 Å². The van der Waals surface area contributed by atoms with Crippen LogP contribution in [0.4, 0.5) is 0 Å². The maximum atomic E-state index is 12.0. The number of aryl methyl sites for hydroxylation is 1. The van der Waals surface area contributed by atoms with Crippen LogP contribution >= 0.6 is 39.0 Å². The fourth-order valence-corrected chi connectivity index (χ4v) is 4.18. The maximum Gasteiger partial charge on any atom is 0.183 e. The molecule has 0 amide bonds. The van der Waals surface area contributed by atoms with E-state index in [2.05, 4.69) is 35.0 Å². The number of Topliss-reactive ketones (excluding diaryl/α,β-unsaturated/α-hetero) is 1. The summed E-state index contributed by atoms with van der Waals surface area (Å²) in [6, 6.07) is 10.2. The number of thiophene rings is 1. The second-order valence-corrected chi connectivity index (χ2v) is 6.70. The normalized spacial score (nSPS) is 10.6. The molecule has 0 N–H and O–H groups in total. The van der Waals surface area contributed by atoms with Gasteiger partial charge in [0.05, 0.1) is 10.6 Å². The summed E-state index contributed by atoms with van der Waals surface area (Å²) in [5.41, 5.74) is 2.59. The van der Waals surface area contributed by atoms with E-state index in [1.165, 1.54) is 22.5 Å². The molecule has 4 heteroatoms. The van der Waals surface area contributed by atoms with Gasteiger partial charge in [0, 0.05) is 10.2 Å². The Labute approximate surface area is 124 Å². The van der Waals surface area contributed by atoms with Crippen molar-refractivity contribution in [2.24, 2.45) is 0 Å². The minimum Gasteiger partial charge on any atom is -0.292 e. The van der Waals surface area contributed by atoms with Gasteiger partial charge in [-0.15, -0.1) is 23.1 Å². The number of carbonyl (C=O) groups excluding carboxylic acids is 1. The highest BCUT2D eigenvalue weighted by molar-refractivity contribution is 9.10. The van der Waals surface area contributed by atoms with Crippen LogP contribution in [0.5, 0.6) is 0 Å². The maximum absolute atomic E-state index is 12.0. The van der Waals surface area contributed by atoms with Gasteiger partial charge in [-0.05, 0) is 45.4 Å². The largest absolute Gasteiger partial charge is 0.292 e. The van der Waals surface area contributed by atoms with Crippen LogP contribution in [0.15, 0.2) is 40.2 Å². The zero-order valence-electron chi connectivity index (χ0n) is 9.98. The van der Waals surface area contributed by atoms with Gasteiger partial charge in [0.1, 0.15) is 0 Å². The Kier molecular flexibility index (Phi) is 5.03. The van der Waals surface area contributed by atoms with E-state index in [-0.39, 0.29) is 5.78 Å². The lowest BCUT2D eigenvalue weighted by Gasteiger charge is -2.04. The number of ketones is 1. The molecule has 0 spiro atoms. The molecule has 1 aromatic heterocycles. The number of thioether (sulfide) groups is 1. The van der Waals surface area contributed by atoms with E-state index in [4.69, 9.17) is 0 Å². The van der Waals surface area contributed by atoms with E-state index in [1.54, 1.807) is 11.8 Å². The van der Waals surface area contributed by atoms with Crippen LogP contribution in [0.3, 0.4) is 0 Å². The number of halogens is 1. The SMILES string of the molecule is Cc1ccccc1CSCC(=O)c1sccc1Br. The van der Waals surface area contributed by atoms with Gasteiger partial charge in [-0.3, -0.25) is 4.79 Å². The van der Waals surface area contributed by atoms with Crippen molar-refractivity contribution in [3.05, 3.63) is 56.2 Å². The molecule has 0 radical (unpaired) electrons. The Morgan fingerprint density at radius 2 is 2.11 bits per heavy atom. The summed E-state index contributed by atoms with van der Waals surface area (Å²) >= 11 is 6.56. The third-order valence-corrected chi connectivity index (χ3v) is 5.48. The molecule has 18 heavy (non-hydrogen) atoms. The molecule has 0 saturated heterocycles. The van der Waals surface area contributed by atoms with Crippen molar-refractivity contribution in [1.29, 1.82) is 0 Å². The Morgan fingerprint density at radius 1 is 1.33 bits per heavy atom. The molecule has 1 nitrogen and oxygen atoms in total. The molecule has 0 fully saturated rings. The average Bonchev–Trinajstić information content (AvgIpc) is 2.78. The summed E-state index contributed by atoms with van der Waals surface area (Å²) < 4.78 is 0.911. The number of carbonyl (C=O) groups is 1. The summed E-state index contributed by atoms with van der Waals surface area (Å²) in [6.45, 7) is 2.10. The quantitative estimate of drug-likeness (QED) is 0.717. The minimum atomic E-state index is 0.204. The minimum absolute atomic E-state index is 0.204. The molecule has 0 atom stereocenters. The van der Waals surface area contributed by atoms with Gasteiger partial charge in [0.15, 0.2) is 5.78 Å². The molecule has 0 aliphatic heterocycles. The summed E-state index contributed by atoms with van der Waals surface area (Å²) in [5, 5.41) is 1.93. The molecule has 1 heterocycles. The smallest absolute Gasteiger partial charge is 0.183 e. The Balaban J connectivity index is 1.88. The van der Waals surface area contributed by atoms with E-state index in [1.807, 2.05) is 23.6 Å². The zero-order valence-corrected chi connectivity index (χ0v) is 13.2. The van der Waals surface area contributed by atoms with Crippen molar-refractivity contribution >= 4 is 44.8 Å². The van der Waals surface area contributed by atoms with Crippen LogP contribution in [-0.2, 0) is 5.75 Å². The Morgan fingerprint density at radius 3 is 2.78 bits per heavy atom. The summed E-state index contributed by atoms with van der Waals surface area (Å²) in [5.74, 6) is 1.63. The van der Waals surface area contributed by atoms with E-state index in [0.717, 1.165) is 15.1 Å². The monoisotopic (exact) mass is 340 g/mol. The molecular formula is C14H13BrOS2. The van der Waals surface area contributed by atoms with Crippen LogP contribution in [-0.4, -0.2) is 11.5 Å². The third kappa shape index (κ3) is 3.46. The Bertz CT molecular complexity index is 548. The first-order chi connectivity index (χ1) is 8.68. The highest BCUT2D eigenvalue weighted by Crippen LogP contribution is 2.25. The van der Waals surface area contributed by atoms with E-state index < -0.39 is 0 Å². The van der Waals surface area contributed by atoms with Crippen LogP contribution in [0, 0.1) is 6.92 Å². The van der Waals surface area contributed by atoms with Crippen molar-refractivity contribution in [2.45, 2.75) is 12.7 Å². The van der Waals surface area contributed by atoms with E-state index >= 15 is 0 Å². The van der Waals surface area contributed by atoms with Gasteiger partial charge < -0.3 is 0 Å². The lowest BCUT2D eigenvalue weighted by atomic mass is 10.1. The molecule has 1 aromatic carbocycles. The second kappa shape index (κ2) is 6.55. The predicted molar refractivity (Wildman–Crippen MR) is 83.7 cm³/mol. The van der Waals surface area contributed by atoms with Crippen molar-refractivity contribution < 1.29 is 4.79 Å². The van der Waals surface area contributed by atoms with Crippen LogP contribution in [0.25, 0.3) is 0 Å². The zero-order chi connectivity index (χ0) is 13.0. The van der Waals surface area contributed by atoms with E-state index in [0.29, 0.717) is 5.75 Å². The van der Waals surface area contributed by atoms with Crippen LogP contribution < -0.4 is 0 Å². The highest BCUT2D eigenvalue weighted by Gasteiger charge is 2.11. The number of benzene rings is 1. The Hall–Kier alpha value is -0.580. The summed E-state index contributed by atoms with van der Waals surface area (Å²) in [7, 11) is 0. The average molecular weight is 341 g/mol. The van der Waals surface area contributed by atoms with Gasteiger partial charge in [-0.2, -0.15) is 0 Å². The molecule has 0 aliphatic rings. The first-order valence-electron chi connectivity index (χ1n) is 5.57. The third-order valence-electron chi connectivity index (χ3n) is 2.62. The summed E-state index contributed by atoms with van der Waals surface area (Å²) in [4.78, 5) is 12.8. The fourth-order valence-electron chi connectivity index (χ4n) is 1.58. The summed E-state index contributed by atoms with van der Waals surface area (Å²) in [6.07, 6.45) is 0. The first-order valence-corrected chi connectivity index (χ1v) is 8.39. The van der Waals surface area contributed by atoms with Crippen molar-refractivity contribution in [1.82, 2.24) is 0 Å². The lowest BCUT2D eigenvalue weighted by Crippen LogP contribution is -2.01. The predicted octanol–water partition coefficient (Wildman–Crippen LogP) is 4.94. The fraction of sp³-hybridized carbons (Fsp3) is 0.214. The number of hydrogen-bond acceptors (Lipinski definition) is 3. The molecule has 0 bridgehead atoms. The number of rotatable bonds is 5. The van der Waals surface area contributed by atoms with E-state index in [9.17, 15) is 4.79 Å². The molecule has 2 aromatic rings. The molecule has 94 valence electrons. The van der Waals surface area contributed by atoms with Crippen molar-refractivity contribution in [2.75, 3.05) is 5.75 Å². The number of hydrogen-bond donors (Lipinski definition) is 0. The molecule has 0 unspecified atom stereocenters. The van der Waals surface area contributed by atoms with Gasteiger partial charge in [0.25, 0.3) is 0 Å². The van der Waals surface area contributed by atoms with Gasteiger partial charge in [-0.1, -0.05) is 24.3 Å². The molecular weight excluding hydrogens is 328 g/mol. The van der Waals surface area contributed by atoms with Crippen molar-refractivity contribution in [3.8, 4) is 0 Å². The molecule has 0 saturated carbocycles. The molecule has 2 rings (SSSR count). The van der Waals surface area contributed by atoms with Crippen LogP contribution in [0.2, 0.25) is 0 Å². The second-order valence-electron chi connectivity index (χ2n) is 3.94.